The van der Waals surface area contributed by atoms with Gasteiger partial charge in [0.05, 0.1) is 11.0 Å². The van der Waals surface area contributed by atoms with Gasteiger partial charge in [-0.2, -0.15) is 10.2 Å². The van der Waals surface area contributed by atoms with Gasteiger partial charge >= 0.3 is 0 Å². The van der Waals surface area contributed by atoms with Crippen LogP contribution >= 0.6 is 39.1 Å². The van der Waals surface area contributed by atoms with E-state index in [1.54, 1.807) is 39.8 Å². The molecular formula is C17H16BrCl2N5O. The van der Waals surface area contributed by atoms with Crippen molar-refractivity contribution < 1.29 is 4.79 Å². The maximum atomic E-state index is 12.4. The first kappa shape index (κ1) is 18.9. The van der Waals surface area contributed by atoms with E-state index in [1.165, 1.54) is 0 Å². The van der Waals surface area contributed by atoms with E-state index < -0.39 is 0 Å². The fraction of sp³-hybridized carbons (Fsp3) is 0.235. The zero-order chi connectivity index (χ0) is 18.8. The van der Waals surface area contributed by atoms with E-state index in [-0.39, 0.29) is 5.91 Å². The Labute approximate surface area is 169 Å². The van der Waals surface area contributed by atoms with Crippen molar-refractivity contribution in [1.82, 2.24) is 19.6 Å². The first-order chi connectivity index (χ1) is 12.4. The summed E-state index contributed by atoms with van der Waals surface area (Å²) in [7, 11) is 0. The van der Waals surface area contributed by atoms with Gasteiger partial charge in [0.15, 0.2) is 11.5 Å². The lowest BCUT2D eigenvalue weighted by molar-refractivity contribution is 0.102. The number of nitrogens with zero attached hydrogens (tertiary/aromatic N) is 4. The van der Waals surface area contributed by atoms with Gasteiger partial charge in [0, 0.05) is 40.1 Å². The van der Waals surface area contributed by atoms with Gasteiger partial charge in [0.2, 0.25) is 0 Å². The fourth-order valence-corrected chi connectivity index (χ4v) is 3.47. The summed E-state index contributed by atoms with van der Waals surface area (Å²) in [5, 5.41) is 12.6. The van der Waals surface area contributed by atoms with Gasteiger partial charge < -0.3 is 5.32 Å². The zero-order valence-corrected chi connectivity index (χ0v) is 17.2. The Morgan fingerprint density at radius 3 is 2.58 bits per heavy atom. The number of nitrogens with one attached hydrogen (secondary N) is 1. The van der Waals surface area contributed by atoms with Crippen molar-refractivity contribution >= 4 is 50.9 Å². The molecule has 0 aliphatic carbocycles. The van der Waals surface area contributed by atoms with Crippen molar-refractivity contribution in [3.05, 3.63) is 61.9 Å². The van der Waals surface area contributed by atoms with Crippen LogP contribution in [0.1, 0.15) is 28.7 Å². The van der Waals surface area contributed by atoms with Gasteiger partial charge in [-0.25, -0.2) is 0 Å². The lowest BCUT2D eigenvalue weighted by atomic mass is 10.2. The quantitative estimate of drug-likeness (QED) is 0.600. The highest BCUT2D eigenvalue weighted by Crippen LogP contribution is 2.26. The summed E-state index contributed by atoms with van der Waals surface area (Å²) in [4.78, 5) is 12.4. The second-order valence-electron chi connectivity index (χ2n) is 5.66. The Morgan fingerprint density at radius 2 is 1.96 bits per heavy atom. The second-order valence-corrected chi connectivity index (χ2v) is 7.33. The molecule has 0 bridgehead atoms. The third-order valence-electron chi connectivity index (χ3n) is 3.85. The molecule has 0 aliphatic heterocycles. The molecule has 0 saturated carbocycles. The fourth-order valence-electron chi connectivity index (χ4n) is 2.45. The predicted octanol–water partition coefficient (Wildman–Crippen LogP) is 4.78. The molecule has 0 radical (unpaired) electrons. The highest BCUT2D eigenvalue weighted by atomic mass is 79.9. The van der Waals surface area contributed by atoms with E-state index in [9.17, 15) is 4.79 Å². The summed E-state index contributed by atoms with van der Waals surface area (Å²) in [6, 6.07) is 7.15. The number of carbonyl (C=O) groups is 1. The molecule has 0 unspecified atom stereocenters. The van der Waals surface area contributed by atoms with E-state index in [2.05, 4.69) is 31.4 Å². The van der Waals surface area contributed by atoms with E-state index >= 15 is 0 Å². The van der Waals surface area contributed by atoms with Crippen molar-refractivity contribution in [2.24, 2.45) is 0 Å². The number of amides is 1. The van der Waals surface area contributed by atoms with Gasteiger partial charge in [-0.3, -0.25) is 14.2 Å². The Balaban J connectivity index is 1.80. The highest BCUT2D eigenvalue weighted by Gasteiger charge is 2.17. The number of benzene rings is 1. The number of hydrogen-bond acceptors (Lipinski definition) is 3. The molecule has 26 heavy (non-hydrogen) atoms. The van der Waals surface area contributed by atoms with Crippen molar-refractivity contribution in [2.45, 2.75) is 26.9 Å². The Morgan fingerprint density at radius 1 is 1.27 bits per heavy atom. The van der Waals surface area contributed by atoms with Crippen molar-refractivity contribution in [3.63, 3.8) is 0 Å². The molecule has 0 fully saturated rings. The smallest absolute Gasteiger partial charge is 0.278 e. The van der Waals surface area contributed by atoms with Crippen LogP contribution in [0.5, 0.6) is 0 Å². The lowest BCUT2D eigenvalue weighted by Gasteiger charge is -2.08. The Hall–Kier alpha value is -1.83. The van der Waals surface area contributed by atoms with Crippen molar-refractivity contribution in [1.29, 1.82) is 0 Å². The number of hydrogen-bond donors (Lipinski definition) is 1. The van der Waals surface area contributed by atoms with Crippen LogP contribution in [0.4, 0.5) is 5.82 Å². The standard InChI is InChI=1S/C17H16BrCl2N5O/c1-3-24-9-12(18)16(23-24)17(26)21-15-7-10(2)25(22-15)8-11-13(19)5-4-6-14(11)20/h4-7,9H,3,8H2,1-2H3,(H,21,22,26). The van der Waals surface area contributed by atoms with Crippen LogP contribution in [0.15, 0.2) is 34.9 Å². The summed E-state index contributed by atoms with van der Waals surface area (Å²) in [5.41, 5.74) is 1.96. The van der Waals surface area contributed by atoms with E-state index in [4.69, 9.17) is 23.2 Å². The van der Waals surface area contributed by atoms with Crippen LogP contribution in [-0.4, -0.2) is 25.5 Å². The molecule has 2 heterocycles. The molecular weight excluding hydrogens is 441 g/mol. The zero-order valence-electron chi connectivity index (χ0n) is 14.1. The van der Waals surface area contributed by atoms with Crippen LogP contribution in [-0.2, 0) is 13.1 Å². The van der Waals surface area contributed by atoms with E-state index in [0.717, 1.165) is 11.3 Å². The molecule has 9 heteroatoms. The Bertz CT molecular complexity index is 946. The molecule has 0 saturated heterocycles. The average Bonchev–Trinajstić information content (AvgIpc) is 3.13. The Kier molecular flexibility index (Phi) is 5.70. The number of aromatic nitrogens is 4. The SMILES string of the molecule is CCn1cc(Br)c(C(=O)Nc2cc(C)n(Cc3c(Cl)cccc3Cl)n2)n1. The average molecular weight is 457 g/mol. The summed E-state index contributed by atoms with van der Waals surface area (Å²) in [6.45, 7) is 4.94. The molecule has 0 aliphatic rings. The molecule has 1 aromatic carbocycles. The van der Waals surface area contributed by atoms with Gasteiger partial charge in [0.25, 0.3) is 5.91 Å². The summed E-state index contributed by atoms with van der Waals surface area (Å²) < 4.78 is 4.06. The summed E-state index contributed by atoms with van der Waals surface area (Å²) >= 11 is 15.8. The van der Waals surface area contributed by atoms with Gasteiger partial charge in [-0.1, -0.05) is 29.3 Å². The molecule has 3 rings (SSSR count). The van der Waals surface area contributed by atoms with Crippen molar-refractivity contribution in [2.75, 3.05) is 5.32 Å². The van der Waals surface area contributed by atoms with Crippen LogP contribution in [0.3, 0.4) is 0 Å². The van der Waals surface area contributed by atoms with Gasteiger partial charge in [-0.15, -0.1) is 0 Å². The first-order valence-electron chi connectivity index (χ1n) is 7.90. The number of halogens is 3. The summed E-state index contributed by atoms with van der Waals surface area (Å²) in [6.07, 6.45) is 1.76. The molecule has 1 N–H and O–H groups in total. The molecule has 136 valence electrons. The van der Waals surface area contributed by atoms with Crippen LogP contribution in [0.2, 0.25) is 10.0 Å². The maximum absolute atomic E-state index is 12.4. The largest absolute Gasteiger partial charge is 0.304 e. The number of carbonyl (C=O) groups excluding carboxylic acids is 1. The minimum Gasteiger partial charge on any atom is -0.304 e. The lowest BCUT2D eigenvalue weighted by Crippen LogP contribution is -2.14. The minimum absolute atomic E-state index is 0.313. The van der Waals surface area contributed by atoms with Crippen LogP contribution in [0, 0.1) is 6.92 Å². The third kappa shape index (κ3) is 3.95. The minimum atomic E-state index is -0.329. The van der Waals surface area contributed by atoms with Crippen LogP contribution in [0.25, 0.3) is 0 Å². The summed E-state index contributed by atoms with van der Waals surface area (Å²) in [5.74, 6) is 0.109. The van der Waals surface area contributed by atoms with Gasteiger partial charge in [0.1, 0.15) is 0 Å². The van der Waals surface area contributed by atoms with E-state index in [0.29, 0.717) is 39.1 Å². The first-order valence-corrected chi connectivity index (χ1v) is 9.45. The molecule has 1 amide bonds. The second kappa shape index (κ2) is 7.82. The number of anilines is 1. The molecule has 2 aromatic heterocycles. The number of aryl methyl sites for hydroxylation is 2. The molecule has 3 aromatic rings. The molecule has 6 nitrogen and oxygen atoms in total. The monoisotopic (exact) mass is 455 g/mol. The topological polar surface area (TPSA) is 64.7 Å². The van der Waals surface area contributed by atoms with Crippen molar-refractivity contribution in [3.8, 4) is 0 Å². The third-order valence-corrected chi connectivity index (χ3v) is 5.14. The van der Waals surface area contributed by atoms with Crippen LogP contribution < -0.4 is 5.32 Å². The van der Waals surface area contributed by atoms with Gasteiger partial charge in [-0.05, 0) is 41.9 Å². The number of rotatable bonds is 5. The molecule has 0 spiro atoms. The maximum Gasteiger partial charge on any atom is 0.278 e. The normalized spacial score (nSPS) is 11.0. The molecule has 0 atom stereocenters. The van der Waals surface area contributed by atoms with E-state index in [1.807, 2.05) is 13.8 Å². The highest BCUT2D eigenvalue weighted by molar-refractivity contribution is 9.10. The predicted molar refractivity (Wildman–Crippen MR) is 106 cm³/mol.